The molecule has 0 saturated carbocycles. The van der Waals surface area contributed by atoms with Crippen LogP contribution in [-0.4, -0.2) is 6.29 Å². The lowest BCUT2D eigenvalue weighted by molar-refractivity contribution is -0.112. The van der Waals surface area contributed by atoms with E-state index in [0.717, 1.165) is 24.7 Å². The van der Waals surface area contributed by atoms with E-state index >= 15 is 0 Å². The Kier molecular flexibility index (Phi) is 5.57. The summed E-state index contributed by atoms with van der Waals surface area (Å²) in [6, 6.07) is 8.15. The summed E-state index contributed by atoms with van der Waals surface area (Å²) in [4.78, 5) is 11.7. The molecular weight excluding hydrogens is 220 g/mol. The van der Waals surface area contributed by atoms with Crippen molar-refractivity contribution in [3.05, 3.63) is 59.7 Å². The molecule has 1 heteroatoms. The van der Waals surface area contributed by atoms with Crippen molar-refractivity contribution in [1.29, 1.82) is 0 Å². The van der Waals surface area contributed by atoms with Gasteiger partial charge < -0.3 is 4.79 Å². The van der Waals surface area contributed by atoms with Crippen LogP contribution in [0.5, 0.6) is 0 Å². The lowest BCUT2D eigenvalue weighted by Crippen LogP contribution is -2.28. The normalized spacial score (nSPS) is 15.1. The maximum Gasteiger partial charge on any atom is 0.131 e. The van der Waals surface area contributed by atoms with Crippen LogP contribution in [0.2, 0.25) is 0 Å². The van der Waals surface area contributed by atoms with Gasteiger partial charge in [0.15, 0.2) is 0 Å². The first-order valence-electron chi connectivity index (χ1n) is 6.45. The Bertz CT molecular complexity index is 427. The average Bonchev–Trinajstić information content (AvgIpc) is 2.41. The van der Waals surface area contributed by atoms with Crippen molar-refractivity contribution < 1.29 is 4.79 Å². The molecule has 0 aromatic heterocycles. The minimum absolute atomic E-state index is 0.426. The van der Waals surface area contributed by atoms with Gasteiger partial charge in [0.25, 0.3) is 0 Å². The van der Waals surface area contributed by atoms with E-state index in [1.54, 1.807) is 0 Å². The van der Waals surface area contributed by atoms with Crippen molar-refractivity contribution in [3.8, 4) is 0 Å². The van der Waals surface area contributed by atoms with Crippen molar-refractivity contribution in [2.24, 2.45) is 0 Å². The molecule has 0 bridgehead atoms. The minimum Gasteiger partial charge on any atom is -0.302 e. The first-order chi connectivity index (χ1) is 8.70. The number of rotatable bonds is 6. The molecule has 1 rings (SSSR count). The molecule has 0 heterocycles. The van der Waals surface area contributed by atoms with Crippen LogP contribution in [0.3, 0.4) is 0 Å². The number of hydrogen-bond donors (Lipinski definition) is 0. The summed E-state index contributed by atoms with van der Waals surface area (Å²) >= 11 is 0. The van der Waals surface area contributed by atoms with Crippen molar-refractivity contribution >= 4 is 6.29 Å². The zero-order chi connectivity index (χ0) is 13.4. The fraction of sp³-hybridized carbons (Fsp3) is 0.353. The van der Waals surface area contributed by atoms with Gasteiger partial charge in [0.05, 0.1) is 5.41 Å². The Morgan fingerprint density at radius 2 is 1.61 bits per heavy atom. The smallest absolute Gasteiger partial charge is 0.131 e. The van der Waals surface area contributed by atoms with Crippen molar-refractivity contribution in [3.63, 3.8) is 0 Å². The molecule has 0 aliphatic heterocycles. The van der Waals surface area contributed by atoms with Crippen molar-refractivity contribution in [2.45, 2.75) is 39.0 Å². The molecule has 0 fully saturated rings. The second-order valence-corrected chi connectivity index (χ2v) is 4.64. The van der Waals surface area contributed by atoms with Crippen LogP contribution < -0.4 is 0 Å². The highest BCUT2D eigenvalue weighted by molar-refractivity contribution is 5.70. The summed E-state index contributed by atoms with van der Waals surface area (Å²) in [6.45, 7) is 6.05. The van der Waals surface area contributed by atoms with Crippen LogP contribution in [0.25, 0.3) is 0 Å². The molecular formula is C17H22O. The maximum absolute atomic E-state index is 11.7. The van der Waals surface area contributed by atoms with Gasteiger partial charge in [-0.05, 0) is 44.7 Å². The van der Waals surface area contributed by atoms with Crippen molar-refractivity contribution in [2.75, 3.05) is 0 Å². The fourth-order valence-electron chi connectivity index (χ4n) is 2.25. The van der Waals surface area contributed by atoms with Gasteiger partial charge in [-0.2, -0.15) is 0 Å². The van der Waals surface area contributed by atoms with E-state index in [-0.39, 0.29) is 0 Å². The Labute approximate surface area is 110 Å². The zero-order valence-corrected chi connectivity index (χ0v) is 11.5. The van der Waals surface area contributed by atoms with Gasteiger partial charge in [-0.15, -0.1) is 0 Å². The van der Waals surface area contributed by atoms with Gasteiger partial charge >= 0.3 is 0 Å². The maximum atomic E-state index is 11.7. The second kappa shape index (κ2) is 6.95. The van der Waals surface area contributed by atoms with Crippen LogP contribution >= 0.6 is 0 Å². The lowest BCUT2D eigenvalue weighted by atomic mass is 9.74. The monoisotopic (exact) mass is 242 g/mol. The van der Waals surface area contributed by atoms with E-state index < -0.39 is 5.41 Å². The summed E-state index contributed by atoms with van der Waals surface area (Å²) in [5.41, 5.74) is 1.89. The molecule has 0 atom stereocenters. The molecule has 0 amide bonds. The molecule has 0 unspecified atom stereocenters. The van der Waals surface area contributed by atoms with E-state index in [1.165, 1.54) is 5.56 Å². The van der Waals surface area contributed by atoms with E-state index in [4.69, 9.17) is 0 Å². The Hall–Kier alpha value is -1.63. The van der Waals surface area contributed by atoms with Gasteiger partial charge in [-0.3, -0.25) is 0 Å². The molecule has 0 aliphatic rings. The number of carbonyl (C=O) groups excluding carboxylic acids is 1. The van der Waals surface area contributed by atoms with Gasteiger partial charge in [0, 0.05) is 0 Å². The van der Waals surface area contributed by atoms with E-state index in [9.17, 15) is 4.79 Å². The fourth-order valence-corrected chi connectivity index (χ4v) is 2.25. The van der Waals surface area contributed by atoms with Crippen LogP contribution in [0, 0.1) is 6.92 Å². The first kappa shape index (κ1) is 14.4. The summed E-state index contributed by atoms with van der Waals surface area (Å²) < 4.78 is 0. The van der Waals surface area contributed by atoms with Crippen molar-refractivity contribution in [1.82, 2.24) is 0 Å². The molecule has 18 heavy (non-hydrogen) atoms. The number of aldehydes is 1. The highest BCUT2D eigenvalue weighted by Gasteiger charge is 2.30. The van der Waals surface area contributed by atoms with Crippen LogP contribution in [0.1, 0.15) is 37.8 Å². The third kappa shape index (κ3) is 3.19. The summed E-state index contributed by atoms with van der Waals surface area (Å²) in [6.07, 6.45) is 10.8. The quantitative estimate of drug-likeness (QED) is 0.535. The van der Waals surface area contributed by atoms with Gasteiger partial charge in [-0.25, -0.2) is 0 Å². The number of allylic oxidation sites excluding steroid dienone is 4. The summed E-state index contributed by atoms with van der Waals surface area (Å²) in [7, 11) is 0. The third-order valence-electron chi connectivity index (χ3n) is 3.34. The SMILES string of the molecule is CC=CCC(C=O)(CC=CC)c1ccccc1C. The number of benzene rings is 1. The Balaban J connectivity index is 3.24. The zero-order valence-electron chi connectivity index (χ0n) is 11.5. The highest BCUT2D eigenvalue weighted by atomic mass is 16.1. The number of aryl methyl sites for hydroxylation is 1. The third-order valence-corrected chi connectivity index (χ3v) is 3.34. The van der Waals surface area contributed by atoms with Gasteiger partial charge in [0.2, 0.25) is 0 Å². The van der Waals surface area contributed by atoms with Crippen LogP contribution in [0.4, 0.5) is 0 Å². The van der Waals surface area contributed by atoms with Crippen LogP contribution in [0.15, 0.2) is 48.6 Å². The Morgan fingerprint density at radius 3 is 2.06 bits per heavy atom. The molecule has 1 nitrogen and oxygen atoms in total. The molecule has 96 valence electrons. The predicted molar refractivity (Wildman–Crippen MR) is 77.8 cm³/mol. The lowest BCUT2D eigenvalue weighted by Gasteiger charge is -2.28. The highest BCUT2D eigenvalue weighted by Crippen LogP contribution is 2.33. The topological polar surface area (TPSA) is 17.1 Å². The van der Waals surface area contributed by atoms with E-state index in [2.05, 4.69) is 31.2 Å². The first-order valence-corrected chi connectivity index (χ1v) is 6.45. The largest absolute Gasteiger partial charge is 0.302 e. The molecule has 1 aromatic rings. The van der Waals surface area contributed by atoms with E-state index in [1.807, 2.05) is 38.1 Å². The number of carbonyl (C=O) groups is 1. The summed E-state index contributed by atoms with van der Waals surface area (Å²) in [5.74, 6) is 0. The van der Waals surface area contributed by atoms with Gasteiger partial charge in [-0.1, -0.05) is 48.6 Å². The minimum atomic E-state index is -0.426. The van der Waals surface area contributed by atoms with E-state index in [0.29, 0.717) is 0 Å². The summed E-state index contributed by atoms with van der Waals surface area (Å²) in [5, 5.41) is 0. The second-order valence-electron chi connectivity index (χ2n) is 4.64. The molecule has 0 radical (unpaired) electrons. The number of hydrogen-bond acceptors (Lipinski definition) is 1. The molecule has 0 saturated heterocycles. The molecule has 1 aromatic carbocycles. The molecule has 0 spiro atoms. The molecule has 0 aliphatic carbocycles. The Morgan fingerprint density at radius 1 is 1.06 bits per heavy atom. The average molecular weight is 242 g/mol. The standard InChI is InChI=1S/C17H22O/c1-4-6-12-17(14-18,13-7-5-2)16-11-9-8-10-15(16)3/h4-11,14H,12-13H2,1-3H3. The van der Waals surface area contributed by atoms with Crippen LogP contribution in [-0.2, 0) is 10.2 Å². The molecule has 0 N–H and O–H groups in total. The van der Waals surface area contributed by atoms with Gasteiger partial charge in [0.1, 0.15) is 6.29 Å². The predicted octanol–water partition coefficient (Wildman–Crippen LogP) is 4.36.